The van der Waals surface area contributed by atoms with E-state index in [1.165, 1.54) is 126 Å². The van der Waals surface area contributed by atoms with Crippen LogP contribution in [0.2, 0.25) is 0 Å². The fourth-order valence-corrected chi connectivity index (χ4v) is 18.3. The number of rotatable bonds is 4. The number of anilines is 8. The number of benzene rings is 8. The fourth-order valence-electron chi connectivity index (χ4n) is 18.3. The predicted octanol–water partition coefficient (Wildman–Crippen LogP) is 20.1. The lowest BCUT2D eigenvalue weighted by molar-refractivity contribution is 0.195. The summed E-state index contributed by atoms with van der Waals surface area (Å²) in [7, 11) is 0. The van der Waals surface area contributed by atoms with Crippen LogP contribution in [-0.4, -0.2) is 12.3 Å². The van der Waals surface area contributed by atoms with Gasteiger partial charge in [0.25, 0.3) is 6.71 Å². The molecule has 0 N–H and O–H groups in total. The smallest absolute Gasteiger partial charge is 0.252 e. The number of fused-ring (bicyclic) bond motifs is 13. The number of para-hydroxylation sites is 1. The van der Waals surface area contributed by atoms with Crippen LogP contribution in [0, 0.1) is 0 Å². The van der Waals surface area contributed by atoms with Crippen LogP contribution in [0.4, 0.5) is 45.5 Å². The van der Waals surface area contributed by atoms with Gasteiger partial charge in [-0.05, 0) is 224 Å². The summed E-state index contributed by atoms with van der Waals surface area (Å²) in [6, 6.07) is 58.2. The molecule has 7 aliphatic rings. The third kappa shape index (κ3) is 7.40. The van der Waals surface area contributed by atoms with Crippen molar-refractivity contribution in [3.8, 4) is 11.1 Å². The van der Waals surface area contributed by atoms with E-state index in [-0.39, 0.29) is 50.2 Å². The van der Waals surface area contributed by atoms with E-state index < -0.39 is 0 Å². The van der Waals surface area contributed by atoms with Gasteiger partial charge in [-0.25, -0.2) is 0 Å². The van der Waals surface area contributed by atoms with Crippen molar-refractivity contribution in [2.75, 3.05) is 14.7 Å². The van der Waals surface area contributed by atoms with Gasteiger partial charge in [0.05, 0.1) is 5.54 Å². The third-order valence-electron chi connectivity index (χ3n) is 24.2. The molecule has 8 aromatic carbocycles. The molecule has 0 radical (unpaired) electrons. The van der Waals surface area contributed by atoms with Gasteiger partial charge in [0.2, 0.25) is 0 Å². The van der Waals surface area contributed by atoms with Crippen molar-refractivity contribution in [1.82, 2.24) is 0 Å². The average molecular weight is 1120 g/mol. The van der Waals surface area contributed by atoms with Crippen LogP contribution < -0.4 is 31.1 Å². The van der Waals surface area contributed by atoms with Crippen molar-refractivity contribution in [2.24, 2.45) is 0 Å². The molecule has 9 aromatic rings. The van der Waals surface area contributed by atoms with E-state index in [0.717, 1.165) is 72.6 Å². The van der Waals surface area contributed by atoms with Crippen LogP contribution in [0.25, 0.3) is 33.1 Å². The minimum Gasteiger partial charge on any atom is -0.456 e. The minimum absolute atomic E-state index is 0.00382. The summed E-state index contributed by atoms with van der Waals surface area (Å²) in [6.45, 7) is 35.3. The van der Waals surface area contributed by atoms with Gasteiger partial charge in [-0.3, -0.25) is 0 Å². The van der Waals surface area contributed by atoms with Crippen LogP contribution >= 0.6 is 0 Å². The van der Waals surface area contributed by atoms with E-state index >= 15 is 0 Å². The molecule has 3 aliphatic heterocycles. The van der Waals surface area contributed by atoms with Crippen LogP contribution in [0.5, 0.6) is 0 Å². The van der Waals surface area contributed by atoms with E-state index in [2.05, 4.69) is 257 Å². The van der Waals surface area contributed by atoms with E-state index in [0.29, 0.717) is 0 Å². The summed E-state index contributed by atoms with van der Waals surface area (Å²) in [4.78, 5) is 8.37. The number of hydrogen-bond donors (Lipinski definition) is 0. The molecular weight excluding hydrogens is 1030 g/mol. The Labute approximate surface area is 507 Å². The molecule has 4 aliphatic carbocycles. The van der Waals surface area contributed by atoms with Crippen molar-refractivity contribution < 1.29 is 4.42 Å². The zero-order chi connectivity index (χ0) is 58.9. The van der Waals surface area contributed by atoms with Gasteiger partial charge in [0.1, 0.15) is 11.2 Å². The lowest BCUT2D eigenvalue weighted by Crippen LogP contribution is -2.62. The molecule has 430 valence electrons. The van der Waals surface area contributed by atoms with Crippen molar-refractivity contribution in [3.05, 3.63) is 185 Å². The van der Waals surface area contributed by atoms with Crippen LogP contribution in [0.15, 0.2) is 150 Å². The van der Waals surface area contributed by atoms with Gasteiger partial charge in [-0.15, -0.1) is 0 Å². The van der Waals surface area contributed by atoms with Crippen LogP contribution in [0.3, 0.4) is 0 Å². The lowest BCUT2D eigenvalue weighted by Gasteiger charge is -2.52. The Morgan fingerprint density at radius 1 is 0.341 bits per heavy atom. The summed E-state index contributed by atoms with van der Waals surface area (Å²) in [5, 5.41) is 2.31. The Morgan fingerprint density at radius 3 is 1.44 bits per heavy atom. The van der Waals surface area contributed by atoms with Crippen molar-refractivity contribution >= 4 is 90.5 Å². The second-order valence-corrected chi connectivity index (χ2v) is 32.0. The molecule has 4 nitrogen and oxygen atoms in total. The van der Waals surface area contributed by atoms with Crippen molar-refractivity contribution in [3.63, 3.8) is 0 Å². The Kier molecular flexibility index (Phi) is 10.9. The highest BCUT2D eigenvalue weighted by Gasteiger charge is 2.59. The monoisotopic (exact) mass is 1120 g/mol. The third-order valence-corrected chi connectivity index (χ3v) is 24.2. The molecule has 0 spiro atoms. The molecule has 0 bridgehead atoms. The zero-order valence-corrected chi connectivity index (χ0v) is 53.3. The Bertz CT molecular complexity index is 4340. The van der Waals surface area contributed by atoms with E-state index in [9.17, 15) is 0 Å². The summed E-state index contributed by atoms with van der Waals surface area (Å²) >= 11 is 0. The van der Waals surface area contributed by atoms with Crippen LogP contribution in [0.1, 0.15) is 200 Å². The quantitative estimate of drug-likeness (QED) is 0.164. The van der Waals surface area contributed by atoms with Crippen LogP contribution in [-0.2, 0) is 37.9 Å². The molecule has 0 amide bonds. The Morgan fingerprint density at radius 2 is 0.835 bits per heavy atom. The summed E-state index contributed by atoms with van der Waals surface area (Å²) < 4.78 is 6.90. The molecule has 1 aromatic heterocycles. The molecule has 2 unspecified atom stereocenters. The van der Waals surface area contributed by atoms with Crippen molar-refractivity contribution in [1.29, 1.82) is 0 Å². The molecule has 2 atom stereocenters. The predicted molar refractivity (Wildman–Crippen MR) is 362 cm³/mol. The van der Waals surface area contributed by atoms with Crippen molar-refractivity contribution in [2.45, 2.75) is 205 Å². The number of hydrogen-bond acceptors (Lipinski definition) is 4. The van der Waals surface area contributed by atoms with Gasteiger partial charge < -0.3 is 19.1 Å². The summed E-state index contributed by atoms with van der Waals surface area (Å²) in [6.07, 6.45) is 11.7. The standard InChI is InChI=1S/C80H86BN3O/c1-73(2)34-35-74(3,4)57-41-51(28-30-56(57)73)82-66-47-60-58(75(5,6)36-38-77(60,9)10)45-63(66)81-64-46-59-61(78(11,12)39-37-76(59,7)8)48-67(64)83(52-27-29-55-54-24-18-19-25-70(54)85-71(55)44-52)69-43-53(42-68(82)72(69)81)84-65-31-26-50(49-22-16-15-17-23-49)40-62(65)79(13)32-20-21-33-80(79,84)14/h15-19,22-31,40-48H,20-21,32-39H2,1-14H3. The van der Waals surface area contributed by atoms with Gasteiger partial charge in [-0.2, -0.15) is 0 Å². The second kappa shape index (κ2) is 17.4. The second-order valence-electron chi connectivity index (χ2n) is 32.0. The highest BCUT2D eigenvalue weighted by molar-refractivity contribution is 7.00. The molecule has 1 fully saturated rings. The first-order chi connectivity index (χ1) is 40.3. The number of furan rings is 1. The summed E-state index contributed by atoms with van der Waals surface area (Å²) in [5.74, 6) is 0. The zero-order valence-electron chi connectivity index (χ0n) is 53.3. The molecule has 4 heterocycles. The van der Waals surface area contributed by atoms with E-state index in [4.69, 9.17) is 4.42 Å². The molecule has 0 saturated heterocycles. The first kappa shape index (κ1) is 53.5. The molecular formula is C80H86BN3O. The topological polar surface area (TPSA) is 22.9 Å². The minimum atomic E-state index is -0.198. The fraction of sp³-hybridized carbons (Fsp3) is 0.400. The maximum absolute atomic E-state index is 6.90. The lowest BCUT2D eigenvalue weighted by atomic mass is 9.32. The SMILES string of the molecule is CC1(C)CCC(C)(C)c2cc(N3c4cc5c(cc4B4c6cc7c(cc6N(c6ccc8c(c6)oc6ccccc68)c6cc(N8c9ccc(-c%10ccccc%10)cc9C9(C)CCCCC89C)cc3c64)C(C)(C)CCC7(C)C)C(C)(C)CCC5(C)C)ccc21. The Hall–Kier alpha value is -6.98. The molecule has 16 rings (SSSR count). The van der Waals surface area contributed by atoms with Gasteiger partial charge in [-0.1, -0.05) is 176 Å². The van der Waals surface area contributed by atoms with Gasteiger partial charge in [0, 0.05) is 67.8 Å². The van der Waals surface area contributed by atoms with Gasteiger partial charge in [0.15, 0.2) is 0 Å². The largest absolute Gasteiger partial charge is 0.456 e. The van der Waals surface area contributed by atoms with E-state index in [1.54, 1.807) is 0 Å². The molecule has 5 heteroatoms. The molecule has 1 saturated carbocycles. The first-order valence-electron chi connectivity index (χ1n) is 32.5. The average Bonchev–Trinajstić information content (AvgIpc) is 2.38. The highest BCUT2D eigenvalue weighted by atomic mass is 16.3. The maximum Gasteiger partial charge on any atom is 0.252 e. The first-order valence-corrected chi connectivity index (χ1v) is 32.5. The Balaban J connectivity index is 1.06. The maximum atomic E-state index is 6.90. The normalized spacial score (nSPS) is 23.7. The highest BCUT2D eigenvalue weighted by Crippen LogP contribution is 2.63. The van der Waals surface area contributed by atoms with E-state index in [1.807, 2.05) is 0 Å². The molecule has 85 heavy (non-hydrogen) atoms. The summed E-state index contributed by atoms with van der Waals surface area (Å²) in [5.41, 5.74) is 29.1. The van der Waals surface area contributed by atoms with Gasteiger partial charge >= 0.3 is 0 Å². The number of nitrogens with zero attached hydrogens (tertiary/aromatic N) is 3.